The number of ether oxygens (including phenoxy) is 2. The number of rotatable bonds is 33. The molecule has 0 aliphatic carbocycles. The molecule has 49 heavy (non-hydrogen) atoms. The molecule has 0 spiro atoms. The number of esters is 2. The van der Waals surface area contributed by atoms with E-state index >= 15 is 0 Å². The minimum atomic E-state index is -0.447. The normalized spacial score (nSPS) is 14.3. The summed E-state index contributed by atoms with van der Waals surface area (Å²) in [5.41, 5.74) is -0.447. The van der Waals surface area contributed by atoms with Gasteiger partial charge in [0.1, 0.15) is 13.2 Å². The van der Waals surface area contributed by atoms with Crippen molar-refractivity contribution in [3.63, 3.8) is 0 Å². The summed E-state index contributed by atoms with van der Waals surface area (Å²) in [6.07, 6.45) is 27.3. The number of piperidine rings is 1. The second-order valence-corrected chi connectivity index (χ2v) is 14.9. The van der Waals surface area contributed by atoms with Crippen LogP contribution in [0.1, 0.15) is 188 Å². The Kier molecular flexibility index (Phi) is 28.8. The van der Waals surface area contributed by atoms with Crippen molar-refractivity contribution < 1.29 is 29.0 Å². The third kappa shape index (κ3) is 24.2. The number of nitrogens with zero attached hydrogens (tertiary/aromatic N) is 2. The van der Waals surface area contributed by atoms with Crippen LogP contribution in [-0.2, 0) is 23.9 Å². The maximum Gasteiger partial charge on any atom is 0.305 e. The number of carbonyl (C=O) groups is 3. The highest BCUT2D eigenvalue weighted by Crippen LogP contribution is 2.33. The average molecular weight is 695 g/mol. The van der Waals surface area contributed by atoms with Gasteiger partial charge < -0.3 is 24.4 Å². The van der Waals surface area contributed by atoms with Crippen molar-refractivity contribution in [2.45, 2.75) is 188 Å². The van der Waals surface area contributed by atoms with E-state index in [0.29, 0.717) is 51.7 Å². The molecule has 8 nitrogen and oxygen atoms in total. The highest BCUT2D eigenvalue weighted by molar-refractivity contribution is 5.76. The molecular weight excluding hydrogens is 616 g/mol. The number of unbranched alkanes of at least 4 members (excludes halogenated alkanes) is 17. The number of likely N-dealkylation sites (tertiary alicyclic amines) is 1. The summed E-state index contributed by atoms with van der Waals surface area (Å²) < 4.78 is 11.7. The fourth-order valence-electron chi connectivity index (χ4n) is 6.80. The van der Waals surface area contributed by atoms with E-state index in [1.54, 1.807) is 0 Å². The van der Waals surface area contributed by atoms with Crippen molar-refractivity contribution in [1.82, 2.24) is 9.80 Å². The van der Waals surface area contributed by atoms with Crippen molar-refractivity contribution in [2.75, 3.05) is 52.5 Å². The lowest BCUT2D eigenvalue weighted by Crippen LogP contribution is -2.47. The van der Waals surface area contributed by atoms with Gasteiger partial charge in [-0.25, -0.2) is 0 Å². The zero-order valence-corrected chi connectivity index (χ0v) is 32.4. The van der Waals surface area contributed by atoms with Gasteiger partial charge in [0.2, 0.25) is 5.91 Å². The van der Waals surface area contributed by atoms with E-state index in [1.165, 1.54) is 89.9 Å². The van der Waals surface area contributed by atoms with E-state index in [-0.39, 0.29) is 37.7 Å². The lowest BCUT2D eigenvalue weighted by atomic mass is 9.79. The largest absolute Gasteiger partial charge is 0.465 e. The molecule has 0 saturated carbocycles. The zero-order valence-electron chi connectivity index (χ0n) is 32.4. The van der Waals surface area contributed by atoms with Crippen LogP contribution in [0.4, 0.5) is 0 Å². The Morgan fingerprint density at radius 2 is 0.959 bits per heavy atom. The number of amides is 1. The molecule has 1 fully saturated rings. The van der Waals surface area contributed by atoms with Gasteiger partial charge in [-0.1, -0.05) is 130 Å². The van der Waals surface area contributed by atoms with Crippen LogP contribution in [0, 0.1) is 5.41 Å². The van der Waals surface area contributed by atoms with Crippen LogP contribution in [0.5, 0.6) is 0 Å². The number of hydrogen-bond donors (Lipinski definition) is 1. The molecule has 0 aromatic rings. The SMILES string of the molecule is CCCCCCCCCCCC(=O)OCC1(COC(=O)CCCCCCCCCCC)CCN(C(=O)CCCN(CCO)CCCC)CC1. The van der Waals surface area contributed by atoms with Gasteiger partial charge in [0, 0.05) is 44.3 Å². The first-order valence-electron chi connectivity index (χ1n) is 20.8. The van der Waals surface area contributed by atoms with Gasteiger partial charge >= 0.3 is 11.9 Å². The predicted molar refractivity (Wildman–Crippen MR) is 202 cm³/mol. The van der Waals surface area contributed by atoms with Crippen molar-refractivity contribution >= 4 is 17.8 Å². The highest BCUT2D eigenvalue weighted by Gasteiger charge is 2.38. The second-order valence-electron chi connectivity index (χ2n) is 14.9. The Morgan fingerprint density at radius 3 is 1.39 bits per heavy atom. The molecule has 1 aliphatic heterocycles. The van der Waals surface area contributed by atoms with E-state index in [4.69, 9.17) is 9.47 Å². The molecule has 8 heteroatoms. The molecule has 288 valence electrons. The highest BCUT2D eigenvalue weighted by atomic mass is 16.5. The molecule has 0 aromatic carbocycles. The van der Waals surface area contributed by atoms with Crippen LogP contribution in [0.15, 0.2) is 0 Å². The zero-order chi connectivity index (χ0) is 35.8. The van der Waals surface area contributed by atoms with Crippen molar-refractivity contribution in [3.05, 3.63) is 0 Å². The second kappa shape index (κ2) is 31.1. The Hall–Kier alpha value is -1.67. The van der Waals surface area contributed by atoms with Crippen LogP contribution in [0.3, 0.4) is 0 Å². The number of aliphatic hydroxyl groups excluding tert-OH is 1. The van der Waals surface area contributed by atoms with Crippen LogP contribution in [0.25, 0.3) is 0 Å². The summed E-state index contributed by atoms with van der Waals surface area (Å²) in [5, 5.41) is 9.38. The van der Waals surface area contributed by atoms with Crippen LogP contribution >= 0.6 is 0 Å². The molecule has 0 atom stereocenters. The third-order valence-electron chi connectivity index (χ3n) is 10.3. The van der Waals surface area contributed by atoms with Crippen LogP contribution in [0.2, 0.25) is 0 Å². The molecular formula is C41H78N2O6. The Labute approximate surface area is 301 Å². The predicted octanol–water partition coefficient (Wildman–Crippen LogP) is 9.40. The maximum absolute atomic E-state index is 13.1. The minimum absolute atomic E-state index is 0.138. The molecule has 1 N–H and O–H groups in total. The summed E-state index contributed by atoms with van der Waals surface area (Å²) >= 11 is 0. The topological polar surface area (TPSA) is 96.4 Å². The summed E-state index contributed by atoms with van der Waals surface area (Å²) in [6, 6.07) is 0. The lowest BCUT2D eigenvalue weighted by molar-refractivity contribution is -0.158. The smallest absolute Gasteiger partial charge is 0.305 e. The Balaban J connectivity index is 2.53. The van der Waals surface area contributed by atoms with E-state index in [0.717, 1.165) is 58.0 Å². The van der Waals surface area contributed by atoms with Crippen molar-refractivity contribution in [2.24, 2.45) is 5.41 Å². The molecule has 1 heterocycles. The van der Waals surface area contributed by atoms with Gasteiger partial charge in [-0.2, -0.15) is 0 Å². The lowest BCUT2D eigenvalue weighted by Gasteiger charge is -2.41. The number of hydrogen-bond acceptors (Lipinski definition) is 7. The van der Waals surface area contributed by atoms with Gasteiger partial charge in [-0.3, -0.25) is 14.4 Å². The fourth-order valence-corrected chi connectivity index (χ4v) is 6.80. The van der Waals surface area contributed by atoms with Gasteiger partial charge in [-0.05, 0) is 51.6 Å². The number of carbonyl (C=O) groups excluding carboxylic acids is 3. The van der Waals surface area contributed by atoms with E-state index < -0.39 is 5.41 Å². The van der Waals surface area contributed by atoms with E-state index in [1.807, 2.05) is 4.90 Å². The van der Waals surface area contributed by atoms with E-state index in [2.05, 4.69) is 25.7 Å². The Bertz CT molecular complexity index is 774. The van der Waals surface area contributed by atoms with Gasteiger partial charge in [0.25, 0.3) is 0 Å². The first-order chi connectivity index (χ1) is 23.9. The third-order valence-corrected chi connectivity index (χ3v) is 10.3. The first kappa shape index (κ1) is 45.4. The number of aliphatic hydroxyl groups is 1. The fraction of sp³-hybridized carbons (Fsp3) is 0.927. The minimum Gasteiger partial charge on any atom is -0.465 e. The molecule has 0 unspecified atom stereocenters. The summed E-state index contributed by atoms with van der Waals surface area (Å²) in [5.74, 6) is -0.188. The van der Waals surface area contributed by atoms with Gasteiger partial charge in [-0.15, -0.1) is 0 Å². The molecule has 1 amide bonds. The Morgan fingerprint density at radius 1 is 0.551 bits per heavy atom. The van der Waals surface area contributed by atoms with Crippen molar-refractivity contribution in [3.8, 4) is 0 Å². The molecule has 1 saturated heterocycles. The average Bonchev–Trinajstić information content (AvgIpc) is 3.11. The summed E-state index contributed by atoms with van der Waals surface area (Å²) in [6.45, 7) is 10.8. The summed E-state index contributed by atoms with van der Waals surface area (Å²) in [7, 11) is 0. The molecule has 0 bridgehead atoms. The van der Waals surface area contributed by atoms with Gasteiger partial charge in [0.15, 0.2) is 0 Å². The van der Waals surface area contributed by atoms with Crippen molar-refractivity contribution in [1.29, 1.82) is 0 Å². The van der Waals surface area contributed by atoms with Gasteiger partial charge in [0.05, 0.1) is 6.61 Å². The molecule has 0 radical (unpaired) electrons. The molecule has 1 rings (SSSR count). The van der Waals surface area contributed by atoms with Crippen LogP contribution < -0.4 is 0 Å². The maximum atomic E-state index is 13.1. The molecule has 0 aromatic heterocycles. The van der Waals surface area contributed by atoms with Crippen LogP contribution in [-0.4, -0.2) is 85.3 Å². The summed E-state index contributed by atoms with van der Waals surface area (Å²) in [4.78, 5) is 42.7. The molecule has 1 aliphatic rings. The van der Waals surface area contributed by atoms with E-state index in [9.17, 15) is 19.5 Å². The monoisotopic (exact) mass is 695 g/mol. The standard InChI is InChI=1S/C41H78N2O6/c1-4-7-10-12-14-16-18-20-22-26-39(46)48-36-41(37-49-40(47)27-23-21-19-17-15-13-11-8-5-2)28-32-43(33-29-41)38(45)25-24-31-42(34-35-44)30-9-6-3/h44H,4-37H2,1-3H3. The first-order valence-corrected chi connectivity index (χ1v) is 20.8. The quantitative estimate of drug-likeness (QED) is 0.0540.